The summed E-state index contributed by atoms with van der Waals surface area (Å²) in [5.74, 6) is -1.55. The summed E-state index contributed by atoms with van der Waals surface area (Å²) in [5.41, 5.74) is -0.441. The van der Waals surface area contributed by atoms with Gasteiger partial charge in [0.15, 0.2) is 0 Å². The van der Waals surface area contributed by atoms with Gasteiger partial charge in [0.1, 0.15) is 12.2 Å². The molecule has 1 N–H and O–H groups in total. The van der Waals surface area contributed by atoms with Gasteiger partial charge in [-0.3, -0.25) is 14.9 Å². The van der Waals surface area contributed by atoms with Crippen molar-refractivity contribution in [1.29, 1.82) is 0 Å². The van der Waals surface area contributed by atoms with Crippen molar-refractivity contribution in [3.8, 4) is 0 Å². The number of carbonyl (C=O) groups excluding carboxylic acids is 1. The summed E-state index contributed by atoms with van der Waals surface area (Å²) < 4.78 is 5.41. The molecule has 1 amide bonds. The first-order valence-corrected chi connectivity index (χ1v) is 9.69. The maximum absolute atomic E-state index is 12.1. The van der Waals surface area contributed by atoms with Crippen LogP contribution in [0, 0.1) is 10.1 Å². The fourth-order valence-electron chi connectivity index (χ4n) is 2.86. The molecule has 156 valence electrons. The summed E-state index contributed by atoms with van der Waals surface area (Å²) in [4.78, 5) is 35.3. The smallest absolute Gasteiger partial charge is 0.343 e. The van der Waals surface area contributed by atoms with E-state index in [-0.39, 0.29) is 31.0 Å². The number of hydrogen-bond donors (Lipinski definition) is 1. The average Bonchev–Trinajstić information content (AvgIpc) is 2.67. The van der Waals surface area contributed by atoms with Crippen molar-refractivity contribution in [2.24, 2.45) is 0 Å². The number of aromatic carboxylic acids is 1. The highest BCUT2D eigenvalue weighted by molar-refractivity contribution is 5.94. The van der Waals surface area contributed by atoms with Gasteiger partial charge in [0.25, 0.3) is 5.69 Å². The molecule has 0 saturated carbocycles. The van der Waals surface area contributed by atoms with Gasteiger partial charge >= 0.3 is 5.97 Å². The second-order valence-electron chi connectivity index (χ2n) is 6.76. The van der Waals surface area contributed by atoms with Gasteiger partial charge in [-0.15, -0.1) is 0 Å². The Balaban J connectivity index is 2.42. The van der Waals surface area contributed by atoms with Crippen molar-refractivity contribution >= 4 is 17.6 Å². The minimum atomic E-state index is -1.35. The molecule has 0 radical (unpaired) electrons. The quantitative estimate of drug-likeness (QED) is 0.293. The van der Waals surface area contributed by atoms with E-state index in [0.29, 0.717) is 12.2 Å². The lowest BCUT2D eigenvalue weighted by atomic mass is 10.0. The number of benzene rings is 1. The van der Waals surface area contributed by atoms with Crippen molar-refractivity contribution in [3.05, 3.63) is 39.4 Å². The SMILES string of the molecule is CCCCCCCCOCC(=O)N(C)CCc1cccc([N+](=O)[O-])c1C(=O)O. The minimum absolute atomic E-state index is 0.0216. The largest absolute Gasteiger partial charge is 0.477 e. The first-order chi connectivity index (χ1) is 13.4. The van der Waals surface area contributed by atoms with E-state index in [1.165, 1.54) is 42.7 Å². The molecule has 0 spiro atoms. The zero-order valence-corrected chi connectivity index (χ0v) is 16.7. The summed E-state index contributed by atoms with van der Waals surface area (Å²) >= 11 is 0. The van der Waals surface area contributed by atoms with E-state index < -0.39 is 16.6 Å². The zero-order chi connectivity index (χ0) is 20.9. The molecule has 0 heterocycles. The highest BCUT2D eigenvalue weighted by Gasteiger charge is 2.23. The summed E-state index contributed by atoms with van der Waals surface area (Å²) in [6.45, 7) is 2.94. The van der Waals surface area contributed by atoms with Crippen LogP contribution in [0.2, 0.25) is 0 Å². The molecule has 0 fully saturated rings. The number of nitro groups is 1. The third-order valence-electron chi connectivity index (χ3n) is 4.55. The Kier molecular flexibility index (Phi) is 10.8. The number of amides is 1. The Morgan fingerprint density at radius 1 is 1.18 bits per heavy atom. The molecule has 1 aromatic rings. The van der Waals surface area contributed by atoms with Gasteiger partial charge in [-0.05, 0) is 18.4 Å². The molecule has 0 aliphatic carbocycles. The van der Waals surface area contributed by atoms with Crippen LogP contribution in [0.5, 0.6) is 0 Å². The molecule has 0 aliphatic rings. The fourth-order valence-corrected chi connectivity index (χ4v) is 2.86. The Labute approximate surface area is 165 Å². The van der Waals surface area contributed by atoms with Crippen molar-refractivity contribution in [2.75, 3.05) is 26.8 Å². The molecule has 1 rings (SSSR count). The maximum atomic E-state index is 12.1. The summed E-state index contributed by atoms with van der Waals surface area (Å²) in [5, 5.41) is 20.3. The van der Waals surface area contributed by atoms with Gasteiger partial charge in [0, 0.05) is 26.3 Å². The van der Waals surface area contributed by atoms with Crippen molar-refractivity contribution in [3.63, 3.8) is 0 Å². The standard InChI is InChI=1S/C20H30N2O6/c1-3-4-5-6-7-8-14-28-15-18(23)21(2)13-12-16-10-9-11-17(22(26)27)19(16)20(24)25/h9-11H,3-8,12-15H2,1-2H3,(H,24,25). The number of carbonyl (C=O) groups is 2. The van der Waals surface area contributed by atoms with Crippen molar-refractivity contribution in [2.45, 2.75) is 51.9 Å². The average molecular weight is 394 g/mol. The van der Waals surface area contributed by atoms with Gasteiger partial charge < -0.3 is 14.7 Å². The van der Waals surface area contributed by atoms with Gasteiger partial charge in [0.2, 0.25) is 5.91 Å². The Bertz CT molecular complexity index is 662. The van der Waals surface area contributed by atoms with Crippen LogP contribution in [0.3, 0.4) is 0 Å². The van der Waals surface area contributed by atoms with Crippen LogP contribution >= 0.6 is 0 Å². The molecule has 0 bridgehead atoms. The lowest BCUT2D eigenvalue weighted by Gasteiger charge is -2.18. The lowest BCUT2D eigenvalue weighted by Crippen LogP contribution is -2.32. The lowest BCUT2D eigenvalue weighted by molar-refractivity contribution is -0.385. The molecular weight excluding hydrogens is 364 g/mol. The van der Waals surface area contributed by atoms with E-state index >= 15 is 0 Å². The van der Waals surface area contributed by atoms with E-state index in [1.54, 1.807) is 7.05 Å². The maximum Gasteiger partial charge on any atom is 0.343 e. The van der Waals surface area contributed by atoms with Gasteiger partial charge in [-0.2, -0.15) is 0 Å². The van der Waals surface area contributed by atoms with Crippen LogP contribution in [-0.2, 0) is 16.0 Å². The van der Waals surface area contributed by atoms with Crippen molar-refractivity contribution < 1.29 is 24.4 Å². The second-order valence-corrected chi connectivity index (χ2v) is 6.76. The third-order valence-corrected chi connectivity index (χ3v) is 4.55. The van der Waals surface area contributed by atoms with E-state index in [4.69, 9.17) is 4.74 Å². The van der Waals surface area contributed by atoms with Crippen molar-refractivity contribution in [1.82, 2.24) is 4.90 Å². The normalized spacial score (nSPS) is 10.6. The van der Waals surface area contributed by atoms with Gasteiger partial charge in [-0.25, -0.2) is 4.79 Å². The van der Waals surface area contributed by atoms with Gasteiger partial charge in [-0.1, -0.05) is 51.2 Å². The molecule has 0 saturated heterocycles. The Morgan fingerprint density at radius 2 is 1.86 bits per heavy atom. The molecule has 0 aliphatic heterocycles. The molecule has 8 nitrogen and oxygen atoms in total. The highest BCUT2D eigenvalue weighted by atomic mass is 16.6. The summed E-state index contributed by atoms with van der Waals surface area (Å²) in [6, 6.07) is 4.15. The number of carboxylic acid groups (broad SMARTS) is 1. The molecular formula is C20H30N2O6. The predicted octanol–water partition coefficient (Wildman–Crippen LogP) is 3.67. The monoisotopic (exact) mass is 394 g/mol. The first kappa shape index (κ1) is 23.6. The summed E-state index contributed by atoms with van der Waals surface area (Å²) in [6.07, 6.45) is 7.10. The van der Waals surface area contributed by atoms with Crippen LogP contribution in [-0.4, -0.2) is 53.6 Å². The molecule has 0 atom stereocenters. The fraction of sp³-hybridized carbons (Fsp3) is 0.600. The second kappa shape index (κ2) is 12.8. The number of likely N-dealkylation sites (N-methyl/N-ethyl adjacent to an activating group) is 1. The molecule has 0 aromatic heterocycles. The third kappa shape index (κ3) is 8.04. The number of rotatable bonds is 14. The minimum Gasteiger partial charge on any atom is -0.477 e. The predicted molar refractivity (Wildman–Crippen MR) is 106 cm³/mol. The van der Waals surface area contributed by atoms with E-state index in [2.05, 4.69) is 6.92 Å². The molecule has 8 heteroatoms. The van der Waals surface area contributed by atoms with E-state index in [0.717, 1.165) is 18.9 Å². The number of ether oxygens (including phenoxy) is 1. The number of nitrogens with zero attached hydrogens (tertiary/aromatic N) is 2. The number of carboxylic acids is 1. The number of unbranched alkanes of at least 4 members (excludes halogenated alkanes) is 5. The number of nitro benzene ring substituents is 1. The molecule has 28 heavy (non-hydrogen) atoms. The van der Waals surface area contributed by atoms with Crippen LogP contribution in [0.4, 0.5) is 5.69 Å². The Morgan fingerprint density at radius 3 is 2.50 bits per heavy atom. The van der Waals surface area contributed by atoms with E-state index in [1.807, 2.05) is 0 Å². The number of hydrogen-bond acceptors (Lipinski definition) is 5. The van der Waals surface area contributed by atoms with Crippen LogP contribution < -0.4 is 0 Å². The topological polar surface area (TPSA) is 110 Å². The first-order valence-electron chi connectivity index (χ1n) is 9.69. The zero-order valence-electron chi connectivity index (χ0n) is 16.7. The molecule has 1 aromatic carbocycles. The Hall–Kier alpha value is -2.48. The van der Waals surface area contributed by atoms with Crippen LogP contribution in [0.25, 0.3) is 0 Å². The molecule has 0 unspecified atom stereocenters. The van der Waals surface area contributed by atoms with E-state index in [9.17, 15) is 24.8 Å². The van der Waals surface area contributed by atoms with Gasteiger partial charge in [0.05, 0.1) is 4.92 Å². The van der Waals surface area contributed by atoms with Crippen LogP contribution in [0.1, 0.15) is 61.4 Å². The highest BCUT2D eigenvalue weighted by Crippen LogP contribution is 2.23. The van der Waals surface area contributed by atoms with Crippen LogP contribution in [0.15, 0.2) is 18.2 Å². The summed E-state index contributed by atoms with van der Waals surface area (Å²) in [7, 11) is 1.61.